The first kappa shape index (κ1) is 10.2. The molecule has 74 valence electrons. The zero-order valence-electron chi connectivity index (χ0n) is 8.82. The van der Waals surface area contributed by atoms with Crippen LogP contribution < -0.4 is 0 Å². The van der Waals surface area contributed by atoms with Crippen molar-refractivity contribution in [2.24, 2.45) is 5.92 Å². The van der Waals surface area contributed by atoms with Crippen LogP contribution in [-0.2, 0) is 6.54 Å². The van der Waals surface area contributed by atoms with Gasteiger partial charge in [-0.05, 0) is 25.7 Å². The summed E-state index contributed by atoms with van der Waals surface area (Å²) >= 11 is 0. The molecule has 0 aromatic carbocycles. The molecule has 1 aromatic rings. The first-order valence-electron chi connectivity index (χ1n) is 5.21. The molecule has 3 nitrogen and oxygen atoms in total. The highest BCUT2D eigenvalue weighted by molar-refractivity contribution is 4.87. The monoisotopic (exact) mass is 181 g/mol. The smallest absolute Gasteiger partial charge is 0.0796 e. The Morgan fingerprint density at radius 3 is 2.54 bits per heavy atom. The molecule has 1 heterocycles. The molecule has 0 aliphatic heterocycles. The van der Waals surface area contributed by atoms with Gasteiger partial charge in [0.25, 0.3) is 0 Å². The van der Waals surface area contributed by atoms with E-state index in [1.165, 1.54) is 19.3 Å². The second-order valence-corrected chi connectivity index (χ2v) is 3.38. The zero-order valence-corrected chi connectivity index (χ0v) is 8.82. The first-order chi connectivity index (χ1) is 6.34. The van der Waals surface area contributed by atoms with E-state index in [4.69, 9.17) is 0 Å². The van der Waals surface area contributed by atoms with Crippen LogP contribution >= 0.6 is 0 Å². The van der Waals surface area contributed by atoms with E-state index in [-0.39, 0.29) is 0 Å². The van der Waals surface area contributed by atoms with Crippen LogP contribution in [0.5, 0.6) is 0 Å². The van der Waals surface area contributed by atoms with Gasteiger partial charge in [-0.25, -0.2) is 0 Å². The van der Waals surface area contributed by atoms with Crippen molar-refractivity contribution < 1.29 is 0 Å². The Morgan fingerprint density at radius 1 is 1.46 bits per heavy atom. The Morgan fingerprint density at radius 2 is 2.15 bits per heavy atom. The summed E-state index contributed by atoms with van der Waals surface area (Å²) in [5.41, 5.74) is 1.02. The van der Waals surface area contributed by atoms with Gasteiger partial charge in [-0.3, -0.25) is 4.68 Å². The average Bonchev–Trinajstić information content (AvgIpc) is 2.48. The topological polar surface area (TPSA) is 30.7 Å². The summed E-state index contributed by atoms with van der Waals surface area (Å²) in [6, 6.07) is 0. The minimum atomic E-state index is 0.871. The zero-order chi connectivity index (χ0) is 9.68. The van der Waals surface area contributed by atoms with Crippen molar-refractivity contribution in [1.29, 1.82) is 0 Å². The van der Waals surface area contributed by atoms with Crippen LogP contribution in [0.4, 0.5) is 0 Å². The normalized spacial score (nSPS) is 15.9. The Bertz CT molecular complexity index is 238. The molecule has 1 aliphatic carbocycles. The predicted octanol–water partition coefficient (Wildman–Crippen LogP) is 2.41. The maximum atomic E-state index is 4.00. The minimum absolute atomic E-state index is 0.871. The predicted molar refractivity (Wildman–Crippen MR) is 53.4 cm³/mol. The Kier molecular flexibility index (Phi) is 3.93. The van der Waals surface area contributed by atoms with Crippen LogP contribution in [0.25, 0.3) is 0 Å². The van der Waals surface area contributed by atoms with Gasteiger partial charge < -0.3 is 0 Å². The molecule has 1 saturated carbocycles. The van der Waals surface area contributed by atoms with E-state index in [9.17, 15) is 0 Å². The Balaban J connectivity index is 0.000000396. The molecule has 0 amide bonds. The van der Waals surface area contributed by atoms with Crippen molar-refractivity contribution in [2.75, 3.05) is 0 Å². The van der Waals surface area contributed by atoms with Gasteiger partial charge in [0.2, 0.25) is 0 Å². The van der Waals surface area contributed by atoms with Gasteiger partial charge in [0.15, 0.2) is 0 Å². The van der Waals surface area contributed by atoms with Gasteiger partial charge in [0.05, 0.1) is 5.69 Å². The van der Waals surface area contributed by atoms with E-state index in [0.717, 1.165) is 18.2 Å². The number of nitrogens with zero attached hydrogens (tertiary/aromatic N) is 3. The van der Waals surface area contributed by atoms with Gasteiger partial charge in [-0.1, -0.05) is 25.5 Å². The van der Waals surface area contributed by atoms with Crippen molar-refractivity contribution in [2.45, 2.75) is 46.6 Å². The van der Waals surface area contributed by atoms with Crippen molar-refractivity contribution >= 4 is 0 Å². The van der Waals surface area contributed by atoms with Crippen LogP contribution in [-0.4, -0.2) is 15.0 Å². The fourth-order valence-corrected chi connectivity index (χ4v) is 1.42. The summed E-state index contributed by atoms with van der Waals surface area (Å²) in [7, 11) is 0. The second kappa shape index (κ2) is 5.00. The van der Waals surface area contributed by atoms with E-state index in [0.29, 0.717) is 0 Å². The lowest BCUT2D eigenvalue weighted by Gasteiger charge is -2.24. The van der Waals surface area contributed by atoms with Crippen LogP contribution in [0.3, 0.4) is 0 Å². The lowest BCUT2D eigenvalue weighted by molar-refractivity contribution is 0.264. The van der Waals surface area contributed by atoms with Gasteiger partial charge in [0.1, 0.15) is 0 Å². The average molecular weight is 181 g/mol. The maximum Gasteiger partial charge on any atom is 0.0796 e. The molecule has 0 unspecified atom stereocenters. The number of rotatable bonds is 2. The summed E-state index contributed by atoms with van der Waals surface area (Å²) in [5, 5.41) is 7.95. The highest BCUT2D eigenvalue weighted by Crippen LogP contribution is 2.27. The SMILES string of the molecule is CC.Cc1cn(CC2CCC2)nn1. The summed E-state index contributed by atoms with van der Waals surface area (Å²) in [6.07, 6.45) is 6.16. The molecule has 0 atom stereocenters. The van der Waals surface area contributed by atoms with E-state index >= 15 is 0 Å². The maximum absolute atomic E-state index is 4.00. The Hall–Kier alpha value is -0.860. The Labute approximate surface area is 80.1 Å². The molecule has 13 heavy (non-hydrogen) atoms. The van der Waals surface area contributed by atoms with Crippen molar-refractivity contribution in [3.8, 4) is 0 Å². The third-order valence-corrected chi connectivity index (χ3v) is 2.32. The fourth-order valence-electron chi connectivity index (χ4n) is 1.42. The molecule has 0 saturated heterocycles. The lowest BCUT2D eigenvalue weighted by atomic mass is 9.85. The van der Waals surface area contributed by atoms with Gasteiger partial charge in [-0.2, -0.15) is 0 Å². The fraction of sp³-hybridized carbons (Fsp3) is 0.800. The minimum Gasteiger partial charge on any atom is -0.252 e. The largest absolute Gasteiger partial charge is 0.252 e. The van der Waals surface area contributed by atoms with Crippen molar-refractivity contribution in [3.63, 3.8) is 0 Å². The van der Waals surface area contributed by atoms with Gasteiger partial charge >= 0.3 is 0 Å². The quantitative estimate of drug-likeness (QED) is 0.701. The number of aryl methyl sites for hydroxylation is 1. The first-order valence-corrected chi connectivity index (χ1v) is 5.21. The van der Waals surface area contributed by atoms with E-state index < -0.39 is 0 Å². The van der Waals surface area contributed by atoms with Gasteiger partial charge in [0, 0.05) is 12.7 Å². The molecule has 1 fully saturated rings. The molecule has 2 rings (SSSR count). The number of hydrogen-bond acceptors (Lipinski definition) is 2. The highest BCUT2D eigenvalue weighted by Gasteiger charge is 2.17. The molecule has 0 spiro atoms. The summed E-state index contributed by atoms with van der Waals surface area (Å²) < 4.78 is 1.96. The van der Waals surface area contributed by atoms with Crippen molar-refractivity contribution in [3.05, 3.63) is 11.9 Å². The molecular formula is C10H19N3. The molecule has 0 bridgehead atoms. The number of aromatic nitrogens is 3. The summed E-state index contributed by atoms with van der Waals surface area (Å²) in [5.74, 6) is 0.871. The molecule has 3 heteroatoms. The molecule has 1 aromatic heterocycles. The molecule has 0 radical (unpaired) electrons. The highest BCUT2D eigenvalue weighted by atomic mass is 15.4. The van der Waals surface area contributed by atoms with Crippen LogP contribution in [0, 0.1) is 12.8 Å². The standard InChI is InChI=1S/C8H13N3.C2H6/c1-7-5-11(10-9-7)6-8-3-2-4-8;1-2/h5,8H,2-4,6H2,1H3;1-2H3. The lowest BCUT2D eigenvalue weighted by Crippen LogP contribution is -2.18. The molecule has 1 aliphatic rings. The molecule has 0 N–H and O–H groups in total. The molecular weight excluding hydrogens is 162 g/mol. The summed E-state index contributed by atoms with van der Waals surface area (Å²) in [4.78, 5) is 0. The van der Waals surface area contributed by atoms with Gasteiger partial charge in [-0.15, -0.1) is 5.10 Å². The van der Waals surface area contributed by atoms with E-state index in [1.807, 2.05) is 31.6 Å². The van der Waals surface area contributed by atoms with Crippen LogP contribution in [0.2, 0.25) is 0 Å². The van der Waals surface area contributed by atoms with Crippen molar-refractivity contribution in [1.82, 2.24) is 15.0 Å². The second-order valence-electron chi connectivity index (χ2n) is 3.38. The van der Waals surface area contributed by atoms with Crippen LogP contribution in [0.15, 0.2) is 6.20 Å². The van der Waals surface area contributed by atoms with E-state index in [2.05, 4.69) is 10.3 Å². The van der Waals surface area contributed by atoms with E-state index in [1.54, 1.807) is 0 Å². The third-order valence-electron chi connectivity index (χ3n) is 2.32. The summed E-state index contributed by atoms with van der Waals surface area (Å²) in [6.45, 7) is 7.05. The van der Waals surface area contributed by atoms with Crippen LogP contribution in [0.1, 0.15) is 38.8 Å². The number of hydrogen-bond donors (Lipinski definition) is 0. The third kappa shape index (κ3) is 2.83.